The molecule has 1 fully saturated rings. The Bertz CT molecular complexity index is 565. The van der Waals surface area contributed by atoms with Crippen molar-refractivity contribution in [2.24, 2.45) is 5.92 Å². The van der Waals surface area contributed by atoms with Crippen molar-refractivity contribution >= 4 is 38.4 Å². The molecule has 1 heterocycles. The fourth-order valence-electron chi connectivity index (χ4n) is 2.28. The second-order valence-electron chi connectivity index (χ2n) is 5.08. The van der Waals surface area contributed by atoms with Crippen LogP contribution in [0.1, 0.15) is 18.9 Å². The lowest BCUT2D eigenvalue weighted by Crippen LogP contribution is -2.48. The molecule has 0 aliphatic carbocycles. The maximum Gasteiger partial charge on any atom is 0.241 e. The summed E-state index contributed by atoms with van der Waals surface area (Å²) in [5, 5.41) is 3.27. The van der Waals surface area contributed by atoms with Crippen molar-refractivity contribution in [2.75, 3.05) is 13.1 Å². The van der Waals surface area contributed by atoms with Gasteiger partial charge in [-0.15, -0.1) is 12.4 Å². The number of aryl methyl sites for hydroxylation is 1. The topological polar surface area (TPSA) is 58.2 Å². The van der Waals surface area contributed by atoms with Crippen molar-refractivity contribution in [3.63, 3.8) is 0 Å². The van der Waals surface area contributed by atoms with E-state index in [9.17, 15) is 8.42 Å². The highest BCUT2D eigenvalue weighted by Crippen LogP contribution is 2.26. The van der Waals surface area contributed by atoms with Gasteiger partial charge in [-0.3, -0.25) is 0 Å². The highest BCUT2D eigenvalue weighted by molar-refractivity contribution is 9.10. The zero-order chi connectivity index (χ0) is 14.0. The molecule has 2 N–H and O–H groups in total. The number of hydrogen-bond acceptors (Lipinski definition) is 3. The first-order chi connectivity index (χ1) is 8.92. The molecule has 0 saturated carbocycles. The minimum atomic E-state index is -3.47. The van der Waals surface area contributed by atoms with Crippen LogP contribution in [-0.4, -0.2) is 27.5 Å². The molecule has 20 heavy (non-hydrogen) atoms. The summed E-state index contributed by atoms with van der Waals surface area (Å²) in [7, 11) is -3.47. The fraction of sp³-hybridized carbons (Fsp3) is 0.538. The van der Waals surface area contributed by atoms with E-state index in [0.29, 0.717) is 15.3 Å². The predicted molar refractivity (Wildman–Crippen MR) is 86.9 cm³/mol. The van der Waals surface area contributed by atoms with Crippen molar-refractivity contribution in [2.45, 2.75) is 31.2 Å². The lowest BCUT2D eigenvalue weighted by molar-refractivity contribution is 0.328. The molecule has 0 amide bonds. The minimum absolute atomic E-state index is 0. The molecule has 1 aliphatic heterocycles. The molecule has 0 bridgehead atoms. The number of piperidine rings is 1. The van der Waals surface area contributed by atoms with Gasteiger partial charge in [0.05, 0.1) is 4.90 Å². The SMILES string of the molecule is Cc1cccc(S(=O)(=O)NC2CCNCC2C)c1Br.Cl. The standard InChI is InChI=1S/C13H19BrN2O2S.ClH/c1-9-4-3-5-12(13(9)14)19(17,18)16-11-6-7-15-8-10(11)2;/h3-5,10-11,15-16H,6-8H2,1-2H3;1H. The van der Waals surface area contributed by atoms with Crippen LogP contribution >= 0.6 is 28.3 Å². The molecule has 1 saturated heterocycles. The predicted octanol–water partition coefficient (Wildman–Crippen LogP) is 2.46. The normalized spacial score (nSPS) is 23.1. The summed E-state index contributed by atoms with van der Waals surface area (Å²) < 4.78 is 28.4. The molecule has 0 aromatic heterocycles. The smallest absolute Gasteiger partial charge is 0.241 e. The van der Waals surface area contributed by atoms with Crippen LogP contribution in [0.5, 0.6) is 0 Å². The van der Waals surface area contributed by atoms with E-state index in [2.05, 4.69) is 32.9 Å². The molecule has 114 valence electrons. The molecule has 2 rings (SSSR count). The van der Waals surface area contributed by atoms with Crippen molar-refractivity contribution in [1.82, 2.24) is 10.0 Å². The van der Waals surface area contributed by atoms with Gasteiger partial charge in [0.25, 0.3) is 0 Å². The summed E-state index contributed by atoms with van der Waals surface area (Å²) >= 11 is 3.36. The lowest BCUT2D eigenvalue weighted by atomic mass is 9.97. The first kappa shape index (κ1) is 17.9. The Hall–Kier alpha value is -0.140. The van der Waals surface area contributed by atoms with Crippen LogP contribution in [0.25, 0.3) is 0 Å². The molecule has 0 spiro atoms. The number of hydrogen-bond donors (Lipinski definition) is 2. The van der Waals surface area contributed by atoms with Gasteiger partial charge in [0.1, 0.15) is 0 Å². The first-order valence-electron chi connectivity index (χ1n) is 6.40. The average Bonchev–Trinajstić information content (AvgIpc) is 2.35. The average molecular weight is 384 g/mol. The molecule has 4 nitrogen and oxygen atoms in total. The Morgan fingerprint density at radius 1 is 1.40 bits per heavy atom. The Balaban J connectivity index is 0.00000200. The van der Waals surface area contributed by atoms with Crippen molar-refractivity contribution in [3.05, 3.63) is 28.2 Å². The quantitative estimate of drug-likeness (QED) is 0.843. The van der Waals surface area contributed by atoms with E-state index in [1.54, 1.807) is 12.1 Å². The van der Waals surface area contributed by atoms with Crippen molar-refractivity contribution in [3.8, 4) is 0 Å². The van der Waals surface area contributed by atoms with Crippen molar-refractivity contribution in [1.29, 1.82) is 0 Å². The van der Waals surface area contributed by atoms with Crippen molar-refractivity contribution < 1.29 is 8.42 Å². The second-order valence-corrected chi connectivity index (χ2v) is 7.56. The van der Waals surface area contributed by atoms with E-state index in [1.165, 1.54) is 0 Å². The summed E-state index contributed by atoms with van der Waals surface area (Å²) in [6.45, 7) is 5.65. The Kier molecular flexibility index (Phi) is 6.47. The van der Waals surface area contributed by atoms with Gasteiger partial charge >= 0.3 is 0 Å². The minimum Gasteiger partial charge on any atom is -0.316 e. The van der Waals surface area contributed by atoms with E-state index in [1.807, 2.05) is 13.0 Å². The Labute approximate surface area is 135 Å². The molecule has 1 aromatic rings. The van der Waals surface area contributed by atoms with Gasteiger partial charge in [-0.05, 0) is 59.9 Å². The summed E-state index contributed by atoms with van der Waals surface area (Å²) in [6.07, 6.45) is 0.823. The van der Waals surface area contributed by atoms with Gasteiger partial charge in [0.15, 0.2) is 0 Å². The highest BCUT2D eigenvalue weighted by Gasteiger charge is 2.27. The van der Waals surface area contributed by atoms with Crippen LogP contribution in [0, 0.1) is 12.8 Å². The van der Waals surface area contributed by atoms with E-state index < -0.39 is 10.0 Å². The van der Waals surface area contributed by atoms with Gasteiger partial charge in [-0.2, -0.15) is 0 Å². The van der Waals surface area contributed by atoms with Gasteiger partial charge in [-0.1, -0.05) is 19.1 Å². The maximum atomic E-state index is 12.5. The zero-order valence-corrected chi connectivity index (χ0v) is 14.7. The van der Waals surface area contributed by atoms with E-state index >= 15 is 0 Å². The Morgan fingerprint density at radius 3 is 2.75 bits per heavy atom. The van der Waals surface area contributed by atoms with E-state index in [0.717, 1.165) is 25.1 Å². The summed E-state index contributed by atoms with van der Waals surface area (Å²) in [5.74, 6) is 0.298. The number of halogens is 2. The van der Waals surface area contributed by atoms with E-state index in [-0.39, 0.29) is 18.4 Å². The number of rotatable bonds is 3. The summed E-state index contributed by atoms with van der Waals surface area (Å²) in [6, 6.07) is 5.28. The third-order valence-electron chi connectivity index (χ3n) is 3.54. The molecular weight excluding hydrogens is 364 g/mol. The fourth-order valence-corrected chi connectivity index (χ4v) is 4.71. The van der Waals surface area contributed by atoms with Gasteiger partial charge in [-0.25, -0.2) is 13.1 Å². The zero-order valence-electron chi connectivity index (χ0n) is 11.5. The Morgan fingerprint density at radius 2 is 2.10 bits per heavy atom. The molecule has 1 aromatic carbocycles. The third-order valence-corrected chi connectivity index (χ3v) is 6.39. The van der Waals surface area contributed by atoms with Crippen LogP contribution in [0.15, 0.2) is 27.6 Å². The second kappa shape index (κ2) is 7.22. The molecular formula is C13H20BrClN2O2S. The van der Waals surface area contributed by atoms with E-state index in [4.69, 9.17) is 0 Å². The van der Waals surface area contributed by atoms with Crippen LogP contribution < -0.4 is 10.0 Å². The third kappa shape index (κ3) is 3.95. The largest absolute Gasteiger partial charge is 0.316 e. The number of benzene rings is 1. The van der Waals surface area contributed by atoms with Crippen LogP contribution in [0.3, 0.4) is 0 Å². The molecule has 1 aliphatic rings. The highest BCUT2D eigenvalue weighted by atomic mass is 79.9. The molecule has 7 heteroatoms. The first-order valence-corrected chi connectivity index (χ1v) is 8.67. The van der Waals surface area contributed by atoms with Crippen LogP contribution in [-0.2, 0) is 10.0 Å². The summed E-state index contributed by atoms with van der Waals surface area (Å²) in [4.78, 5) is 0.318. The lowest BCUT2D eigenvalue weighted by Gasteiger charge is -2.30. The number of nitrogens with one attached hydrogen (secondary N) is 2. The monoisotopic (exact) mass is 382 g/mol. The van der Waals surface area contributed by atoms with Crippen LogP contribution in [0.2, 0.25) is 0 Å². The van der Waals surface area contributed by atoms with Crippen LogP contribution in [0.4, 0.5) is 0 Å². The molecule has 0 radical (unpaired) electrons. The summed E-state index contributed by atoms with van der Waals surface area (Å²) in [5.41, 5.74) is 0.918. The number of sulfonamides is 1. The maximum absolute atomic E-state index is 12.5. The van der Waals surface area contributed by atoms with Gasteiger partial charge in [0.2, 0.25) is 10.0 Å². The molecule has 2 unspecified atom stereocenters. The van der Waals surface area contributed by atoms with Gasteiger partial charge in [0, 0.05) is 10.5 Å². The van der Waals surface area contributed by atoms with Gasteiger partial charge < -0.3 is 5.32 Å². The molecule has 2 atom stereocenters.